The molecule has 2 aromatic heterocycles. The smallest absolute Gasteiger partial charge is 0.387 e. The summed E-state index contributed by atoms with van der Waals surface area (Å²) in [5.41, 5.74) is -0.525. The van der Waals surface area contributed by atoms with E-state index in [2.05, 4.69) is 13.1 Å². The minimum Gasteiger partial charge on any atom is -0.387 e. The lowest BCUT2D eigenvalue weighted by molar-refractivity contribution is -0.0533. The van der Waals surface area contributed by atoms with Gasteiger partial charge in [0, 0.05) is 10.9 Å². The van der Waals surface area contributed by atoms with Gasteiger partial charge < -0.3 is 34.5 Å². The molecule has 0 amide bonds. The van der Waals surface area contributed by atoms with Crippen LogP contribution in [0, 0.1) is 0 Å². The summed E-state index contributed by atoms with van der Waals surface area (Å²) in [5, 5.41) is 22.4. The predicted octanol–water partition coefficient (Wildman–Crippen LogP) is 0.0255. The monoisotopic (exact) mass is 523 g/mol. The summed E-state index contributed by atoms with van der Waals surface area (Å²) < 4.78 is 52.3. The molecule has 0 aliphatic carbocycles. The number of hydrogen-bond donors (Lipinski definition) is 6. The fraction of sp³-hybridized carbons (Fsp3) is 0.417. The molecule has 0 spiro atoms. The van der Waals surface area contributed by atoms with E-state index in [1.54, 1.807) is 17.5 Å². The number of phosphoric acid groups is 3. The number of aliphatic hydroxyl groups excluding tert-OH is 2. The van der Waals surface area contributed by atoms with E-state index in [0.29, 0.717) is 10.1 Å². The van der Waals surface area contributed by atoms with E-state index >= 15 is 0 Å². The molecule has 6 atom stereocenters. The zero-order valence-corrected chi connectivity index (χ0v) is 18.5. The average molecular weight is 523 g/mol. The molecule has 15 nitrogen and oxygen atoms in total. The molecule has 174 valence electrons. The summed E-state index contributed by atoms with van der Waals surface area (Å²) in [7, 11) is -16.7. The molecule has 0 bridgehead atoms. The summed E-state index contributed by atoms with van der Waals surface area (Å²) in [5.74, 6) is 0. The Labute approximate surface area is 176 Å². The number of aromatic nitrogens is 1. The molecule has 0 aromatic carbocycles. The Hall–Kier alpha value is -0.800. The lowest BCUT2D eigenvalue weighted by atomic mass is 10.1. The van der Waals surface area contributed by atoms with Gasteiger partial charge in [0.05, 0.1) is 12.0 Å². The quantitative estimate of drug-likeness (QED) is 0.251. The molecule has 0 saturated carbocycles. The third-order valence-electron chi connectivity index (χ3n) is 3.98. The van der Waals surface area contributed by atoms with Crippen molar-refractivity contribution in [3.8, 4) is 0 Å². The zero-order chi connectivity index (χ0) is 23.2. The molecular formula is C12H16NO14P3S. The van der Waals surface area contributed by atoms with Crippen molar-refractivity contribution >= 4 is 44.9 Å². The van der Waals surface area contributed by atoms with E-state index in [9.17, 15) is 33.6 Å². The van der Waals surface area contributed by atoms with Gasteiger partial charge in [0.1, 0.15) is 18.3 Å². The molecule has 0 radical (unpaired) electrons. The first-order valence-corrected chi connectivity index (χ1v) is 13.5. The highest BCUT2D eigenvalue weighted by Crippen LogP contribution is 2.66. The van der Waals surface area contributed by atoms with Crippen LogP contribution in [0.15, 0.2) is 28.5 Å². The summed E-state index contributed by atoms with van der Waals surface area (Å²) in [4.78, 5) is 48.1. The van der Waals surface area contributed by atoms with Crippen LogP contribution in [0.5, 0.6) is 0 Å². The SMILES string of the molecule is O=c1c2ccsc2ccn1[C@@H]1O[C@H](COP(=O)(O)OP(=O)(O)OP(=O)(O)O)[C@@H](O)[C@H]1O. The van der Waals surface area contributed by atoms with Gasteiger partial charge in [0.25, 0.3) is 5.56 Å². The third kappa shape index (κ3) is 5.96. The van der Waals surface area contributed by atoms with Crippen molar-refractivity contribution < 1.29 is 61.4 Å². The van der Waals surface area contributed by atoms with Crippen molar-refractivity contribution in [2.24, 2.45) is 0 Å². The molecular weight excluding hydrogens is 507 g/mol. The van der Waals surface area contributed by atoms with Gasteiger partial charge in [-0.3, -0.25) is 13.9 Å². The largest absolute Gasteiger partial charge is 0.490 e. The van der Waals surface area contributed by atoms with Crippen LogP contribution in [0.4, 0.5) is 0 Å². The van der Waals surface area contributed by atoms with Gasteiger partial charge in [0.2, 0.25) is 0 Å². The molecule has 19 heteroatoms. The first kappa shape index (κ1) is 24.8. The first-order valence-electron chi connectivity index (χ1n) is 8.07. The van der Waals surface area contributed by atoms with Crippen molar-refractivity contribution in [1.29, 1.82) is 0 Å². The maximum atomic E-state index is 12.5. The lowest BCUT2D eigenvalue weighted by Crippen LogP contribution is -2.35. The topological polar surface area (TPSA) is 232 Å². The summed E-state index contributed by atoms with van der Waals surface area (Å²) in [6.07, 6.45) is -4.91. The zero-order valence-electron chi connectivity index (χ0n) is 15.0. The van der Waals surface area contributed by atoms with Gasteiger partial charge in [-0.05, 0) is 17.5 Å². The second-order valence-corrected chi connectivity index (χ2v) is 11.5. The molecule has 2 unspecified atom stereocenters. The number of rotatable bonds is 8. The van der Waals surface area contributed by atoms with Gasteiger partial charge in [-0.25, -0.2) is 13.7 Å². The Morgan fingerprint density at radius 3 is 2.35 bits per heavy atom. The number of nitrogens with zero attached hydrogens (tertiary/aromatic N) is 1. The number of phosphoric ester groups is 1. The average Bonchev–Trinajstić information content (AvgIpc) is 3.17. The number of hydrogen-bond acceptors (Lipinski definition) is 11. The number of ether oxygens (including phenoxy) is 1. The molecule has 1 fully saturated rings. The maximum absolute atomic E-state index is 12.5. The van der Waals surface area contributed by atoms with Gasteiger partial charge in [-0.15, -0.1) is 11.3 Å². The maximum Gasteiger partial charge on any atom is 0.490 e. The molecule has 1 aliphatic rings. The second-order valence-electron chi connectivity index (χ2n) is 6.16. The first-order chi connectivity index (χ1) is 14.2. The van der Waals surface area contributed by atoms with Gasteiger partial charge in [-0.2, -0.15) is 8.62 Å². The predicted molar refractivity (Wildman–Crippen MR) is 102 cm³/mol. The van der Waals surface area contributed by atoms with Crippen LogP contribution >= 0.6 is 34.8 Å². The number of pyridine rings is 1. The van der Waals surface area contributed by atoms with E-state index in [1.807, 2.05) is 0 Å². The van der Waals surface area contributed by atoms with E-state index in [1.165, 1.54) is 17.5 Å². The van der Waals surface area contributed by atoms with Crippen LogP contribution in [0.1, 0.15) is 6.23 Å². The van der Waals surface area contributed by atoms with Crippen LogP contribution in [-0.4, -0.2) is 59.3 Å². The molecule has 2 aromatic rings. The van der Waals surface area contributed by atoms with Gasteiger partial charge in [-0.1, -0.05) is 0 Å². The van der Waals surface area contributed by atoms with Crippen LogP contribution in [0.2, 0.25) is 0 Å². The van der Waals surface area contributed by atoms with E-state index in [0.717, 1.165) is 4.57 Å². The minimum atomic E-state index is -5.71. The molecule has 31 heavy (non-hydrogen) atoms. The molecule has 3 heterocycles. The Kier molecular flexibility index (Phi) is 7.10. The van der Waals surface area contributed by atoms with Crippen molar-refractivity contribution in [1.82, 2.24) is 4.57 Å². The fourth-order valence-corrected chi connectivity index (χ4v) is 6.55. The van der Waals surface area contributed by atoms with Crippen molar-refractivity contribution in [2.45, 2.75) is 24.5 Å². The number of thiophene rings is 1. The van der Waals surface area contributed by atoms with Crippen molar-refractivity contribution in [2.75, 3.05) is 6.61 Å². The summed E-state index contributed by atoms with van der Waals surface area (Å²) in [6, 6.07) is 3.15. The van der Waals surface area contributed by atoms with Gasteiger partial charge >= 0.3 is 23.5 Å². The van der Waals surface area contributed by atoms with E-state index in [-0.39, 0.29) is 0 Å². The Morgan fingerprint density at radius 1 is 1.03 bits per heavy atom. The highest BCUT2D eigenvalue weighted by atomic mass is 32.1. The Balaban J connectivity index is 1.69. The lowest BCUT2D eigenvalue weighted by Gasteiger charge is -2.19. The molecule has 1 aliphatic heterocycles. The Bertz CT molecular complexity index is 1160. The fourth-order valence-electron chi connectivity index (χ4n) is 2.75. The van der Waals surface area contributed by atoms with Crippen LogP contribution in [0.3, 0.4) is 0 Å². The number of aliphatic hydroxyl groups is 2. The van der Waals surface area contributed by atoms with Crippen LogP contribution in [-0.2, 0) is 31.6 Å². The van der Waals surface area contributed by atoms with Crippen molar-refractivity contribution in [3.05, 3.63) is 34.1 Å². The summed E-state index contributed by atoms with van der Waals surface area (Å²) >= 11 is 1.31. The van der Waals surface area contributed by atoms with Crippen LogP contribution in [0.25, 0.3) is 10.1 Å². The second kappa shape index (κ2) is 8.86. The Morgan fingerprint density at radius 2 is 1.71 bits per heavy atom. The van der Waals surface area contributed by atoms with Crippen LogP contribution < -0.4 is 5.56 Å². The highest BCUT2D eigenvalue weighted by Gasteiger charge is 2.46. The standard InChI is InChI=1S/C12H16NO14P3S/c14-9-7(5-24-29(20,21)27-30(22,23)26-28(17,18)19)25-12(10(9)15)13-3-1-8-6(11(13)16)2-4-31-8/h1-4,7,9-10,12,14-15H,5H2,(H,20,21)(H,22,23)(H2,17,18,19)/t7-,9-,10-,12-/m1/s1. The normalized spacial score (nSPS) is 28.5. The van der Waals surface area contributed by atoms with Crippen molar-refractivity contribution in [3.63, 3.8) is 0 Å². The molecule has 6 N–H and O–H groups in total. The third-order valence-corrected chi connectivity index (χ3v) is 8.66. The van der Waals surface area contributed by atoms with E-state index < -0.39 is 60.2 Å². The highest BCUT2D eigenvalue weighted by molar-refractivity contribution is 7.66. The van der Waals surface area contributed by atoms with E-state index in [4.69, 9.17) is 19.4 Å². The summed E-state index contributed by atoms with van der Waals surface area (Å²) in [6.45, 7) is -0.978. The molecule has 3 rings (SSSR count). The molecule has 1 saturated heterocycles. The van der Waals surface area contributed by atoms with Gasteiger partial charge in [0.15, 0.2) is 6.23 Å². The minimum absolute atomic E-state index is 0.342. The number of fused-ring (bicyclic) bond motifs is 1.